The number of carbonyl (C=O) groups excluding carboxylic acids is 2. The number of hydrogen-bond acceptors (Lipinski definition) is 3. The second-order valence-corrected chi connectivity index (χ2v) is 5.68. The second-order valence-electron chi connectivity index (χ2n) is 5.68. The van der Waals surface area contributed by atoms with Crippen LogP contribution in [0.3, 0.4) is 0 Å². The number of carbonyl (C=O) groups is 2. The molecule has 1 aliphatic heterocycles. The molecule has 0 fully saturated rings. The molecule has 0 radical (unpaired) electrons. The average molecular weight is 316 g/mol. The van der Waals surface area contributed by atoms with Gasteiger partial charge in [0.05, 0.1) is 18.2 Å². The van der Waals surface area contributed by atoms with Crippen LogP contribution in [0, 0.1) is 5.82 Å². The number of fused-ring (bicyclic) bond motifs is 1. The van der Waals surface area contributed by atoms with Crippen LogP contribution in [0.25, 0.3) is 0 Å². The van der Waals surface area contributed by atoms with E-state index in [1.165, 1.54) is 12.1 Å². The van der Waals surface area contributed by atoms with Gasteiger partial charge >= 0.3 is 0 Å². The molecule has 0 saturated carbocycles. The van der Waals surface area contributed by atoms with Gasteiger partial charge in [0, 0.05) is 19.2 Å². The molecule has 2 heterocycles. The maximum atomic E-state index is 13.4. The Bertz CT molecular complexity index is 742. The Morgan fingerprint density at radius 2 is 2.22 bits per heavy atom. The summed E-state index contributed by atoms with van der Waals surface area (Å²) in [7, 11) is 1.67. The summed E-state index contributed by atoms with van der Waals surface area (Å²) in [6, 6.07) is 7.39. The third-order valence-electron chi connectivity index (χ3n) is 4.24. The Morgan fingerprint density at radius 3 is 2.91 bits per heavy atom. The van der Waals surface area contributed by atoms with Crippen molar-refractivity contribution in [3.05, 3.63) is 53.7 Å². The molecule has 1 aromatic carbocycles. The minimum Gasteiger partial charge on any atom is -0.467 e. The number of likely N-dealkylation sites (N-methyl/N-ethyl adjacent to an activating group) is 1. The van der Waals surface area contributed by atoms with Crippen molar-refractivity contribution < 1.29 is 18.4 Å². The zero-order valence-electron chi connectivity index (χ0n) is 12.9. The minimum atomic E-state index is -0.623. The molecule has 2 aromatic rings. The molecule has 0 aliphatic carbocycles. The Morgan fingerprint density at radius 1 is 1.43 bits per heavy atom. The van der Waals surface area contributed by atoms with Crippen molar-refractivity contribution in [1.82, 2.24) is 4.90 Å². The van der Waals surface area contributed by atoms with Crippen LogP contribution in [-0.4, -0.2) is 23.8 Å². The van der Waals surface area contributed by atoms with Gasteiger partial charge in [-0.1, -0.05) is 6.07 Å². The number of benzene rings is 1. The van der Waals surface area contributed by atoms with Gasteiger partial charge in [0.25, 0.3) is 0 Å². The van der Waals surface area contributed by atoms with Crippen molar-refractivity contribution in [2.45, 2.75) is 25.3 Å². The summed E-state index contributed by atoms with van der Waals surface area (Å²) >= 11 is 0. The SMILES string of the molecule is CC(c1ccco1)N(C)C(=O)C1CC(=O)Nc2cc(F)ccc21. The quantitative estimate of drug-likeness (QED) is 0.946. The average Bonchev–Trinajstić information content (AvgIpc) is 3.05. The van der Waals surface area contributed by atoms with Gasteiger partial charge in [-0.3, -0.25) is 9.59 Å². The van der Waals surface area contributed by atoms with Gasteiger partial charge in [0.15, 0.2) is 0 Å². The molecule has 0 bridgehead atoms. The van der Waals surface area contributed by atoms with Crippen LogP contribution in [0.4, 0.5) is 10.1 Å². The molecule has 23 heavy (non-hydrogen) atoms. The normalized spacial score (nSPS) is 18.0. The van der Waals surface area contributed by atoms with Crippen molar-refractivity contribution in [2.75, 3.05) is 12.4 Å². The molecule has 1 N–H and O–H groups in total. The highest BCUT2D eigenvalue weighted by atomic mass is 19.1. The van der Waals surface area contributed by atoms with E-state index in [2.05, 4.69) is 5.32 Å². The predicted octanol–water partition coefficient (Wildman–Crippen LogP) is 3.06. The first-order chi connectivity index (χ1) is 11.0. The fraction of sp³-hybridized carbons (Fsp3) is 0.294. The fourth-order valence-electron chi connectivity index (χ4n) is 2.81. The van der Waals surface area contributed by atoms with Crippen LogP contribution in [0.5, 0.6) is 0 Å². The lowest BCUT2D eigenvalue weighted by molar-refractivity contribution is -0.135. The van der Waals surface area contributed by atoms with Crippen molar-refractivity contribution in [1.29, 1.82) is 0 Å². The molecular weight excluding hydrogens is 299 g/mol. The number of amides is 2. The number of hydrogen-bond donors (Lipinski definition) is 1. The maximum Gasteiger partial charge on any atom is 0.231 e. The Balaban J connectivity index is 1.89. The fourth-order valence-corrected chi connectivity index (χ4v) is 2.81. The number of furan rings is 1. The molecule has 2 atom stereocenters. The first-order valence-electron chi connectivity index (χ1n) is 7.36. The van der Waals surface area contributed by atoms with E-state index in [1.54, 1.807) is 36.4 Å². The smallest absolute Gasteiger partial charge is 0.231 e. The minimum absolute atomic E-state index is 0.0483. The van der Waals surface area contributed by atoms with E-state index in [0.29, 0.717) is 17.0 Å². The van der Waals surface area contributed by atoms with Gasteiger partial charge in [-0.05, 0) is 36.8 Å². The van der Waals surface area contributed by atoms with Crippen LogP contribution in [0.1, 0.15) is 36.6 Å². The number of nitrogens with one attached hydrogen (secondary N) is 1. The van der Waals surface area contributed by atoms with Crippen molar-refractivity contribution >= 4 is 17.5 Å². The summed E-state index contributed by atoms with van der Waals surface area (Å²) < 4.78 is 18.7. The zero-order chi connectivity index (χ0) is 16.6. The summed E-state index contributed by atoms with van der Waals surface area (Å²) in [5, 5.41) is 2.61. The van der Waals surface area contributed by atoms with Crippen LogP contribution < -0.4 is 5.32 Å². The van der Waals surface area contributed by atoms with Crippen LogP contribution in [-0.2, 0) is 9.59 Å². The third kappa shape index (κ3) is 2.84. The van der Waals surface area contributed by atoms with E-state index in [4.69, 9.17) is 4.42 Å². The highest BCUT2D eigenvalue weighted by molar-refractivity contribution is 6.01. The Labute approximate surface area is 133 Å². The van der Waals surface area contributed by atoms with E-state index < -0.39 is 11.7 Å². The predicted molar refractivity (Wildman–Crippen MR) is 82.3 cm³/mol. The number of anilines is 1. The number of nitrogens with zero attached hydrogens (tertiary/aromatic N) is 1. The lowest BCUT2D eigenvalue weighted by Crippen LogP contribution is -2.37. The Kier molecular flexibility index (Phi) is 3.90. The second kappa shape index (κ2) is 5.87. The summed E-state index contributed by atoms with van der Waals surface area (Å²) in [4.78, 5) is 26.2. The molecule has 1 aliphatic rings. The van der Waals surface area contributed by atoms with Gasteiger partial charge in [0.1, 0.15) is 11.6 Å². The molecule has 2 amide bonds. The van der Waals surface area contributed by atoms with Crippen LogP contribution >= 0.6 is 0 Å². The number of halogens is 1. The molecule has 5 nitrogen and oxygen atoms in total. The number of rotatable bonds is 3. The monoisotopic (exact) mass is 316 g/mol. The molecule has 3 rings (SSSR count). The van der Waals surface area contributed by atoms with E-state index in [9.17, 15) is 14.0 Å². The zero-order valence-corrected chi connectivity index (χ0v) is 12.9. The van der Waals surface area contributed by atoms with Crippen LogP contribution in [0.15, 0.2) is 41.0 Å². The van der Waals surface area contributed by atoms with Crippen molar-refractivity contribution in [2.24, 2.45) is 0 Å². The molecule has 6 heteroatoms. The summed E-state index contributed by atoms with van der Waals surface area (Å²) in [5.41, 5.74) is 0.994. The highest BCUT2D eigenvalue weighted by Crippen LogP contribution is 2.35. The van der Waals surface area contributed by atoms with E-state index in [-0.39, 0.29) is 24.3 Å². The molecule has 0 saturated heterocycles. The molecule has 0 spiro atoms. The van der Waals surface area contributed by atoms with E-state index >= 15 is 0 Å². The largest absolute Gasteiger partial charge is 0.467 e. The summed E-state index contributed by atoms with van der Waals surface area (Å²) in [6.45, 7) is 1.85. The third-order valence-corrected chi connectivity index (χ3v) is 4.24. The van der Waals surface area contributed by atoms with Crippen molar-refractivity contribution in [3.8, 4) is 0 Å². The molecular formula is C17H17FN2O3. The lowest BCUT2D eigenvalue weighted by atomic mass is 9.89. The van der Waals surface area contributed by atoms with Crippen molar-refractivity contribution in [3.63, 3.8) is 0 Å². The van der Waals surface area contributed by atoms with Gasteiger partial charge in [0.2, 0.25) is 11.8 Å². The van der Waals surface area contributed by atoms with Crippen LogP contribution in [0.2, 0.25) is 0 Å². The summed E-state index contributed by atoms with van der Waals surface area (Å²) in [6.07, 6.45) is 1.60. The Hall–Kier alpha value is -2.63. The molecule has 120 valence electrons. The maximum absolute atomic E-state index is 13.4. The lowest BCUT2D eigenvalue weighted by Gasteiger charge is -2.31. The first-order valence-corrected chi connectivity index (χ1v) is 7.36. The van der Waals surface area contributed by atoms with Gasteiger partial charge < -0.3 is 14.6 Å². The molecule has 1 aromatic heterocycles. The topological polar surface area (TPSA) is 62.6 Å². The molecule has 2 unspecified atom stereocenters. The standard InChI is InChI=1S/C17H17FN2O3/c1-10(15-4-3-7-23-15)20(2)17(22)13-9-16(21)19-14-8-11(18)5-6-12(13)14/h3-8,10,13H,9H2,1-2H3,(H,19,21). The summed E-state index contributed by atoms with van der Waals surface area (Å²) in [5.74, 6) is -0.895. The van der Waals surface area contributed by atoms with Gasteiger partial charge in [-0.2, -0.15) is 0 Å². The highest BCUT2D eigenvalue weighted by Gasteiger charge is 2.34. The first kappa shape index (κ1) is 15.3. The van der Waals surface area contributed by atoms with E-state index in [1.807, 2.05) is 6.92 Å². The van der Waals surface area contributed by atoms with Gasteiger partial charge in [-0.15, -0.1) is 0 Å². The van der Waals surface area contributed by atoms with E-state index in [0.717, 1.165) is 0 Å². The van der Waals surface area contributed by atoms with Gasteiger partial charge in [-0.25, -0.2) is 4.39 Å².